The Balaban J connectivity index is 2.01. The lowest BCUT2D eigenvalue weighted by Gasteiger charge is -2.16. The van der Waals surface area contributed by atoms with E-state index in [4.69, 9.17) is 11.6 Å². The largest absolute Gasteiger partial charge is 0.346 e. The van der Waals surface area contributed by atoms with Crippen LogP contribution in [0.2, 0.25) is 0 Å². The molecule has 2 rings (SSSR count). The van der Waals surface area contributed by atoms with Crippen molar-refractivity contribution in [1.29, 1.82) is 0 Å². The van der Waals surface area contributed by atoms with Crippen LogP contribution < -0.4 is 5.32 Å². The van der Waals surface area contributed by atoms with Crippen LogP contribution in [0, 0.1) is 6.92 Å². The van der Waals surface area contributed by atoms with E-state index in [9.17, 15) is 4.79 Å². The third kappa shape index (κ3) is 4.07. The van der Waals surface area contributed by atoms with Crippen molar-refractivity contribution in [3.63, 3.8) is 0 Å². The van der Waals surface area contributed by atoms with Gasteiger partial charge < -0.3 is 5.32 Å². The molecule has 0 saturated carbocycles. The van der Waals surface area contributed by atoms with Crippen molar-refractivity contribution < 1.29 is 4.79 Å². The molecule has 1 amide bonds. The number of carbonyl (C=O) groups excluding carboxylic acids is 1. The maximum atomic E-state index is 12.1. The van der Waals surface area contributed by atoms with Crippen molar-refractivity contribution >= 4 is 17.5 Å². The highest BCUT2D eigenvalue weighted by Crippen LogP contribution is 2.06. The van der Waals surface area contributed by atoms with E-state index in [-0.39, 0.29) is 11.9 Å². The standard InChI is InChI=1S/C16H17ClN2O/c1-12-6-5-9-15(18-12)16(20)19-14(11-17)10-13-7-3-2-4-8-13/h2-9,14H,10-11H2,1H3,(H,19,20). The van der Waals surface area contributed by atoms with Crippen LogP contribution in [0.15, 0.2) is 48.5 Å². The van der Waals surface area contributed by atoms with Crippen molar-refractivity contribution in [2.45, 2.75) is 19.4 Å². The molecule has 0 aliphatic carbocycles. The lowest BCUT2D eigenvalue weighted by Crippen LogP contribution is -2.38. The molecule has 0 aliphatic heterocycles. The van der Waals surface area contributed by atoms with E-state index >= 15 is 0 Å². The molecule has 1 aromatic heterocycles. The number of aromatic nitrogens is 1. The first-order valence-electron chi connectivity index (χ1n) is 6.53. The molecule has 0 aliphatic rings. The zero-order valence-corrected chi connectivity index (χ0v) is 12.1. The number of carbonyl (C=O) groups is 1. The highest BCUT2D eigenvalue weighted by Gasteiger charge is 2.14. The molecule has 2 aromatic rings. The smallest absolute Gasteiger partial charge is 0.270 e. The molecule has 1 heterocycles. The van der Waals surface area contributed by atoms with Crippen molar-refractivity contribution in [2.75, 3.05) is 5.88 Å². The molecular formula is C16H17ClN2O. The number of benzene rings is 1. The van der Waals surface area contributed by atoms with Gasteiger partial charge in [-0.05, 0) is 31.0 Å². The van der Waals surface area contributed by atoms with Crippen LogP contribution in [-0.4, -0.2) is 22.8 Å². The molecule has 0 saturated heterocycles. The third-order valence-electron chi connectivity index (χ3n) is 2.97. The quantitative estimate of drug-likeness (QED) is 0.860. The van der Waals surface area contributed by atoms with E-state index in [0.29, 0.717) is 18.0 Å². The highest BCUT2D eigenvalue weighted by molar-refractivity contribution is 6.18. The zero-order valence-electron chi connectivity index (χ0n) is 11.3. The molecule has 1 atom stereocenters. The molecule has 0 radical (unpaired) electrons. The van der Waals surface area contributed by atoms with Gasteiger partial charge in [-0.25, -0.2) is 4.98 Å². The predicted molar refractivity (Wildman–Crippen MR) is 81.1 cm³/mol. The van der Waals surface area contributed by atoms with Crippen molar-refractivity contribution in [1.82, 2.24) is 10.3 Å². The topological polar surface area (TPSA) is 42.0 Å². The van der Waals surface area contributed by atoms with E-state index in [0.717, 1.165) is 11.3 Å². The Morgan fingerprint density at radius 2 is 1.95 bits per heavy atom. The molecule has 20 heavy (non-hydrogen) atoms. The minimum atomic E-state index is -0.185. The predicted octanol–water partition coefficient (Wildman–Crippen LogP) is 2.97. The summed E-state index contributed by atoms with van der Waals surface area (Å²) in [4.78, 5) is 16.3. The Bertz CT molecular complexity index is 572. The van der Waals surface area contributed by atoms with Gasteiger partial charge >= 0.3 is 0 Å². The van der Waals surface area contributed by atoms with Crippen LogP contribution in [0.1, 0.15) is 21.7 Å². The summed E-state index contributed by atoms with van der Waals surface area (Å²) in [5, 5.41) is 2.93. The molecule has 104 valence electrons. The fourth-order valence-corrected chi connectivity index (χ4v) is 2.16. The number of halogens is 1. The van der Waals surface area contributed by atoms with Crippen LogP contribution in [0.25, 0.3) is 0 Å². The first kappa shape index (κ1) is 14.5. The monoisotopic (exact) mass is 288 g/mol. The molecule has 1 aromatic carbocycles. The van der Waals surface area contributed by atoms with Crippen molar-refractivity contribution in [2.24, 2.45) is 0 Å². The minimum absolute atomic E-state index is 0.103. The van der Waals surface area contributed by atoms with Gasteiger partial charge in [-0.3, -0.25) is 4.79 Å². The SMILES string of the molecule is Cc1cccc(C(=O)NC(CCl)Cc2ccccc2)n1. The first-order valence-corrected chi connectivity index (χ1v) is 7.07. The number of rotatable bonds is 5. The van der Waals surface area contributed by atoms with Crippen LogP contribution in [0.3, 0.4) is 0 Å². The fourth-order valence-electron chi connectivity index (χ4n) is 1.97. The molecule has 3 nitrogen and oxygen atoms in total. The Morgan fingerprint density at radius 3 is 2.60 bits per heavy atom. The summed E-state index contributed by atoms with van der Waals surface area (Å²) in [7, 11) is 0. The van der Waals surface area contributed by atoms with E-state index in [2.05, 4.69) is 10.3 Å². The normalized spacial score (nSPS) is 11.9. The van der Waals surface area contributed by atoms with Gasteiger partial charge in [0.1, 0.15) is 5.69 Å². The van der Waals surface area contributed by atoms with Gasteiger partial charge in [0.2, 0.25) is 0 Å². The summed E-state index contributed by atoms with van der Waals surface area (Å²) in [6, 6.07) is 15.3. The summed E-state index contributed by atoms with van der Waals surface area (Å²) >= 11 is 5.95. The Hall–Kier alpha value is -1.87. The number of nitrogens with zero attached hydrogens (tertiary/aromatic N) is 1. The second-order valence-corrected chi connectivity index (χ2v) is 4.99. The number of aryl methyl sites for hydroxylation is 1. The van der Waals surface area contributed by atoms with Gasteiger partial charge in [0.15, 0.2) is 0 Å². The molecular weight excluding hydrogens is 272 g/mol. The van der Waals surface area contributed by atoms with E-state index in [1.165, 1.54) is 0 Å². The summed E-state index contributed by atoms with van der Waals surface area (Å²) in [6.07, 6.45) is 0.710. The Kier molecular flexibility index (Phi) is 5.13. The average Bonchev–Trinajstić information content (AvgIpc) is 2.47. The maximum absolute atomic E-state index is 12.1. The van der Waals surface area contributed by atoms with Crippen LogP contribution in [-0.2, 0) is 6.42 Å². The lowest BCUT2D eigenvalue weighted by atomic mass is 10.1. The van der Waals surface area contributed by atoms with E-state index in [1.54, 1.807) is 6.07 Å². The van der Waals surface area contributed by atoms with Crippen molar-refractivity contribution in [3.8, 4) is 0 Å². The first-order chi connectivity index (χ1) is 9.69. The number of pyridine rings is 1. The molecule has 0 spiro atoms. The zero-order chi connectivity index (χ0) is 14.4. The summed E-state index contributed by atoms with van der Waals surface area (Å²) in [5.74, 6) is 0.183. The van der Waals surface area contributed by atoms with Gasteiger partial charge in [0.05, 0.1) is 0 Å². The second-order valence-electron chi connectivity index (χ2n) is 4.68. The van der Waals surface area contributed by atoms with Crippen LogP contribution in [0.4, 0.5) is 0 Å². The lowest BCUT2D eigenvalue weighted by molar-refractivity contribution is 0.0935. The minimum Gasteiger partial charge on any atom is -0.346 e. The van der Waals surface area contributed by atoms with Crippen molar-refractivity contribution in [3.05, 3.63) is 65.5 Å². The van der Waals surface area contributed by atoms with Crippen LogP contribution >= 0.6 is 11.6 Å². The number of amides is 1. The molecule has 1 N–H and O–H groups in total. The summed E-state index contributed by atoms with van der Waals surface area (Å²) in [6.45, 7) is 1.86. The Labute approximate surface area is 124 Å². The second kappa shape index (κ2) is 7.06. The van der Waals surface area contributed by atoms with Crippen LogP contribution in [0.5, 0.6) is 0 Å². The summed E-state index contributed by atoms with van der Waals surface area (Å²) < 4.78 is 0. The Morgan fingerprint density at radius 1 is 1.20 bits per heavy atom. The third-order valence-corrected chi connectivity index (χ3v) is 3.34. The number of nitrogens with one attached hydrogen (secondary N) is 1. The molecule has 4 heteroatoms. The van der Waals surface area contributed by atoms with Gasteiger partial charge in [0, 0.05) is 17.6 Å². The summed E-state index contributed by atoms with van der Waals surface area (Å²) in [5.41, 5.74) is 2.40. The number of hydrogen-bond donors (Lipinski definition) is 1. The number of hydrogen-bond acceptors (Lipinski definition) is 2. The van der Waals surface area contributed by atoms with Gasteiger partial charge in [-0.1, -0.05) is 36.4 Å². The molecule has 0 bridgehead atoms. The average molecular weight is 289 g/mol. The highest BCUT2D eigenvalue weighted by atomic mass is 35.5. The van der Waals surface area contributed by atoms with Gasteiger partial charge in [-0.15, -0.1) is 11.6 Å². The number of alkyl halides is 1. The molecule has 1 unspecified atom stereocenters. The van der Waals surface area contributed by atoms with Gasteiger partial charge in [-0.2, -0.15) is 0 Å². The van der Waals surface area contributed by atoms with E-state index in [1.807, 2.05) is 49.4 Å². The fraction of sp³-hybridized carbons (Fsp3) is 0.250. The maximum Gasteiger partial charge on any atom is 0.270 e. The molecule has 0 fully saturated rings. The van der Waals surface area contributed by atoms with E-state index < -0.39 is 0 Å². The van der Waals surface area contributed by atoms with Gasteiger partial charge in [0.25, 0.3) is 5.91 Å².